The van der Waals surface area contributed by atoms with Crippen LogP contribution >= 0.6 is 11.6 Å². The Morgan fingerprint density at radius 2 is 2.00 bits per heavy atom. The number of nitrogens with zero attached hydrogens (tertiary/aromatic N) is 1. The molecule has 0 saturated heterocycles. The molecule has 0 aliphatic carbocycles. The minimum atomic E-state index is -0.596. The molecule has 19 heavy (non-hydrogen) atoms. The van der Waals surface area contributed by atoms with Gasteiger partial charge in [-0.15, -0.1) is 0 Å². The summed E-state index contributed by atoms with van der Waals surface area (Å²) in [7, 11) is 1.59. The van der Waals surface area contributed by atoms with Crippen LogP contribution in [-0.4, -0.2) is 17.2 Å². The third kappa shape index (κ3) is 3.69. The van der Waals surface area contributed by atoms with Crippen molar-refractivity contribution in [3.63, 3.8) is 0 Å². The second-order valence-electron chi connectivity index (χ2n) is 4.30. The molecule has 1 aromatic carbocycles. The Balaban J connectivity index is 2.07. The van der Waals surface area contributed by atoms with E-state index < -0.39 is 6.10 Å². The molecule has 2 rings (SSSR count). The van der Waals surface area contributed by atoms with Crippen LogP contribution in [0, 0.1) is 0 Å². The maximum atomic E-state index is 10.3. The minimum Gasteiger partial charge on any atom is -0.496 e. The molecule has 1 heterocycles. The van der Waals surface area contributed by atoms with Gasteiger partial charge in [0.05, 0.1) is 13.2 Å². The number of halogens is 1. The molecule has 0 saturated carbocycles. The first-order valence-electron chi connectivity index (χ1n) is 6.11. The van der Waals surface area contributed by atoms with E-state index >= 15 is 0 Å². The van der Waals surface area contributed by atoms with Crippen molar-refractivity contribution in [3.8, 4) is 5.75 Å². The summed E-state index contributed by atoms with van der Waals surface area (Å²) in [6.45, 7) is 0. The van der Waals surface area contributed by atoms with Gasteiger partial charge in [-0.2, -0.15) is 0 Å². The molecule has 0 spiro atoms. The van der Waals surface area contributed by atoms with Crippen molar-refractivity contribution in [1.29, 1.82) is 0 Å². The lowest BCUT2D eigenvalue weighted by atomic mass is 10.0. The Bertz CT molecular complexity index is 531. The smallest absolute Gasteiger partial charge is 0.124 e. The Labute approximate surface area is 117 Å². The van der Waals surface area contributed by atoms with Crippen LogP contribution in [0.3, 0.4) is 0 Å². The number of rotatable bonds is 5. The fourth-order valence-corrected chi connectivity index (χ4v) is 2.15. The van der Waals surface area contributed by atoms with E-state index in [1.165, 1.54) is 0 Å². The van der Waals surface area contributed by atoms with E-state index in [1.54, 1.807) is 37.7 Å². The zero-order valence-electron chi connectivity index (χ0n) is 10.7. The number of aryl methyl sites for hydroxylation is 1. The van der Waals surface area contributed by atoms with E-state index in [9.17, 15) is 5.11 Å². The molecule has 1 N–H and O–H groups in total. The van der Waals surface area contributed by atoms with Crippen molar-refractivity contribution < 1.29 is 9.84 Å². The van der Waals surface area contributed by atoms with Crippen LogP contribution in [0.4, 0.5) is 0 Å². The predicted molar refractivity (Wildman–Crippen MR) is 75.5 cm³/mol. The first kappa shape index (κ1) is 13.8. The van der Waals surface area contributed by atoms with E-state index in [1.807, 2.05) is 12.1 Å². The molecular weight excluding hydrogens is 262 g/mol. The molecule has 0 bridgehead atoms. The molecule has 2 aromatic rings. The highest BCUT2D eigenvalue weighted by atomic mass is 35.5. The van der Waals surface area contributed by atoms with Crippen molar-refractivity contribution in [2.24, 2.45) is 0 Å². The number of methoxy groups -OCH3 is 1. The quantitative estimate of drug-likeness (QED) is 0.911. The number of ether oxygens (including phenoxy) is 1. The molecule has 0 aliphatic rings. The van der Waals surface area contributed by atoms with E-state index in [0.29, 0.717) is 17.2 Å². The van der Waals surface area contributed by atoms with Gasteiger partial charge < -0.3 is 9.84 Å². The van der Waals surface area contributed by atoms with Crippen molar-refractivity contribution in [3.05, 3.63) is 58.9 Å². The number of hydrogen-bond donors (Lipinski definition) is 1. The van der Waals surface area contributed by atoms with Gasteiger partial charge in [-0.1, -0.05) is 11.6 Å². The standard InChI is InChI=1S/C15H16ClNO2/c1-19-15-5-3-12(16)10-13(15)14(18)4-2-11-6-8-17-9-7-11/h3,5-10,14,18H,2,4H2,1H3. The minimum absolute atomic E-state index is 0.596. The summed E-state index contributed by atoms with van der Waals surface area (Å²) < 4.78 is 5.24. The van der Waals surface area contributed by atoms with Crippen LogP contribution in [0.2, 0.25) is 5.02 Å². The number of aromatic nitrogens is 1. The topological polar surface area (TPSA) is 42.4 Å². The molecule has 1 unspecified atom stereocenters. The summed E-state index contributed by atoms with van der Waals surface area (Å²) in [6, 6.07) is 9.16. The first-order chi connectivity index (χ1) is 9.20. The fourth-order valence-electron chi connectivity index (χ4n) is 1.97. The summed E-state index contributed by atoms with van der Waals surface area (Å²) in [4.78, 5) is 3.97. The Hall–Kier alpha value is -1.58. The van der Waals surface area contributed by atoms with Crippen LogP contribution in [0.5, 0.6) is 5.75 Å². The van der Waals surface area contributed by atoms with Crippen LogP contribution in [0.25, 0.3) is 0 Å². The van der Waals surface area contributed by atoms with Gasteiger partial charge >= 0.3 is 0 Å². The Morgan fingerprint density at radius 1 is 1.26 bits per heavy atom. The molecule has 3 nitrogen and oxygen atoms in total. The summed E-state index contributed by atoms with van der Waals surface area (Å²) in [5, 5.41) is 10.9. The van der Waals surface area contributed by atoms with Crippen molar-refractivity contribution in [1.82, 2.24) is 4.98 Å². The number of aliphatic hydroxyl groups is 1. The molecular formula is C15H16ClNO2. The third-order valence-electron chi connectivity index (χ3n) is 3.01. The highest BCUT2D eigenvalue weighted by Gasteiger charge is 2.13. The Morgan fingerprint density at radius 3 is 2.68 bits per heavy atom. The Kier molecular flexibility index (Phi) is 4.77. The summed E-state index contributed by atoms with van der Waals surface area (Å²) in [6.07, 6.45) is 4.30. The molecule has 1 atom stereocenters. The second kappa shape index (κ2) is 6.55. The molecule has 1 aromatic heterocycles. The van der Waals surface area contributed by atoms with Crippen molar-refractivity contribution in [2.45, 2.75) is 18.9 Å². The van der Waals surface area contributed by atoms with E-state index in [0.717, 1.165) is 17.5 Å². The van der Waals surface area contributed by atoms with Crippen LogP contribution in [-0.2, 0) is 6.42 Å². The van der Waals surface area contributed by atoms with Crippen molar-refractivity contribution >= 4 is 11.6 Å². The molecule has 0 fully saturated rings. The van der Waals surface area contributed by atoms with Gasteiger partial charge in [-0.25, -0.2) is 0 Å². The first-order valence-corrected chi connectivity index (χ1v) is 6.49. The van der Waals surface area contributed by atoms with Crippen LogP contribution in [0.15, 0.2) is 42.7 Å². The van der Waals surface area contributed by atoms with Crippen LogP contribution < -0.4 is 4.74 Å². The molecule has 0 radical (unpaired) electrons. The maximum Gasteiger partial charge on any atom is 0.124 e. The van der Waals surface area contributed by atoms with E-state index in [4.69, 9.17) is 16.3 Å². The second-order valence-corrected chi connectivity index (χ2v) is 4.73. The van der Waals surface area contributed by atoms with Gasteiger partial charge in [0.2, 0.25) is 0 Å². The van der Waals surface area contributed by atoms with Crippen LogP contribution in [0.1, 0.15) is 23.7 Å². The summed E-state index contributed by atoms with van der Waals surface area (Å²) >= 11 is 5.96. The highest BCUT2D eigenvalue weighted by molar-refractivity contribution is 6.30. The van der Waals surface area contributed by atoms with Gasteiger partial charge in [0, 0.05) is 23.0 Å². The van der Waals surface area contributed by atoms with Gasteiger partial charge in [0.25, 0.3) is 0 Å². The number of pyridine rings is 1. The summed E-state index contributed by atoms with van der Waals surface area (Å²) in [5.74, 6) is 0.659. The maximum absolute atomic E-state index is 10.3. The molecule has 4 heteroatoms. The van der Waals surface area contributed by atoms with Gasteiger partial charge in [0.1, 0.15) is 5.75 Å². The highest BCUT2D eigenvalue weighted by Crippen LogP contribution is 2.30. The third-order valence-corrected chi connectivity index (χ3v) is 3.24. The fraction of sp³-hybridized carbons (Fsp3) is 0.267. The largest absolute Gasteiger partial charge is 0.496 e. The number of hydrogen-bond acceptors (Lipinski definition) is 3. The van der Waals surface area contributed by atoms with Crippen molar-refractivity contribution in [2.75, 3.05) is 7.11 Å². The molecule has 100 valence electrons. The lowest BCUT2D eigenvalue weighted by molar-refractivity contribution is 0.163. The number of aliphatic hydroxyl groups excluding tert-OH is 1. The molecule has 0 aliphatic heterocycles. The van der Waals surface area contributed by atoms with E-state index in [-0.39, 0.29) is 0 Å². The monoisotopic (exact) mass is 277 g/mol. The lowest BCUT2D eigenvalue weighted by Gasteiger charge is -2.15. The van der Waals surface area contributed by atoms with Gasteiger partial charge in [-0.05, 0) is 48.7 Å². The lowest BCUT2D eigenvalue weighted by Crippen LogP contribution is -2.02. The number of benzene rings is 1. The zero-order valence-corrected chi connectivity index (χ0v) is 11.5. The molecule has 0 amide bonds. The zero-order chi connectivity index (χ0) is 13.7. The van der Waals surface area contributed by atoms with Gasteiger partial charge in [0.15, 0.2) is 0 Å². The SMILES string of the molecule is COc1ccc(Cl)cc1C(O)CCc1ccncc1. The van der Waals surface area contributed by atoms with E-state index in [2.05, 4.69) is 4.98 Å². The normalized spacial score (nSPS) is 12.2. The van der Waals surface area contributed by atoms with Gasteiger partial charge in [-0.3, -0.25) is 4.98 Å². The predicted octanol–water partition coefficient (Wildman–Crippen LogP) is 3.41. The average molecular weight is 278 g/mol. The average Bonchev–Trinajstić information content (AvgIpc) is 2.46. The summed E-state index contributed by atoms with van der Waals surface area (Å²) in [5.41, 5.74) is 1.87.